The number of hydrogen-bond donors (Lipinski definition) is 0. The standard InChI is InChI=1S/C14H22N2O3/c1-10-12(9-13(17)19-2)14(18)16(15-10)11-7-5-3-4-6-8-11/h11-12H,3-9H2,1-2H3. The van der Waals surface area contributed by atoms with Crippen molar-refractivity contribution in [3.05, 3.63) is 0 Å². The van der Waals surface area contributed by atoms with Crippen molar-refractivity contribution in [1.29, 1.82) is 0 Å². The summed E-state index contributed by atoms with van der Waals surface area (Å²) in [4.78, 5) is 23.7. The summed E-state index contributed by atoms with van der Waals surface area (Å²) in [5.74, 6) is -0.805. The van der Waals surface area contributed by atoms with Gasteiger partial charge in [0.25, 0.3) is 5.91 Å². The van der Waals surface area contributed by atoms with E-state index in [2.05, 4.69) is 9.84 Å². The van der Waals surface area contributed by atoms with Gasteiger partial charge in [-0.1, -0.05) is 25.7 Å². The van der Waals surface area contributed by atoms with Crippen LogP contribution < -0.4 is 0 Å². The first kappa shape index (κ1) is 14.0. The number of hydrazone groups is 1. The topological polar surface area (TPSA) is 59.0 Å². The number of rotatable bonds is 3. The Hall–Kier alpha value is -1.39. The fraction of sp³-hybridized carbons (Fsp3) is 0.786. The molecule has 1 aliphatic carbocycles. The molecule has 0 aromatic heterocycles. The Kier molecular flexibility index (Phi) is 4.56. The van der Waals surface area contributed by atoms with Crippen LogP contribution in [0.3, 0.4) is 0 Å². The van der Waals surface area contributed by atoms with Crippen molar-refractivity contribution in [3.8, 4) is 0 Å². The quantitative estimate of drug-likeness (QED) is 0.580. The molecule has 1 heterocycles. The average molecular weight is 266 g/mol. The van der Waals surface area contributed by atoms with E-state index in [-0.39, 0.29) is 24.3 Å². The SMILES string of the molecule is COC(=O)CC1C(=O)N(C2CCCCCC2)N=C1C. The van der Waals surface area contributed by atoms with E-state index in [9.17, 15) is 9.59 Å². The molecule has 1 fully saturated rings. The number of hydrogen-bond acceptors (Lipinski definition) is 4. The van der Waals surface area contributed by atoms with Crippen LogP contribution in [0.2, 0.25) is 0 Å². The molecule has 0 N–H and O–H groups in total. The zero-order chi connectivity index (χ0) is 13.8. The Morgan fingerprint density at radius 1 is 1.32 bits per heavy atom. The van der Waals surface area contributed by atoms with Crippen LogP contribution in [0, 0.1) is 5.92 Å². The number of methoxy groups -OCH3 is 1. The van der Waals surface area contributed by atoms with Crippen LogP contribution in [0.1, 0.15) is 51.9 Å². The van der Waals surface area contributed by atoms with Crippen LogP contribution in [0.15, 0.2) is 5.10 Å². The number of amides is 1. The molecule has 1 saturated carbocycles. The minimum absolute atomic E-state index is 0.0326. The van der Waals surface area contributed by atoms with Crippen molar-refractivity contribution in [2.45, 2.75) is 57.9 Å². The molecule has 0 aromatic carbocycles. The van der Waals surface area contributed by atoms with Gasteiger partial charge >= 0.3 is 5.97 Å². The van der Waals surface area contributed by atoms with E-state index < -0.39 is 5.92 Å². The van der Waals surface area contributed by atoms with E-state index in [1.54, 1.807) is 5.01 Å². The molecule has 1 atom stereocenters. The maximum absolute atomic E-state index is 12.4. The normalized spacial score (nSPS) is 25.2. The van der Waals surface area contributed by atoms with Gasteiger partial charge < -0.3 is 4.74 Å². The van der Waals surface area contributed by atoms with E-state index in [4.69, 9.17) is 0 Å². The number of ether oxygens (including phenoxy) is 1. The van der Waals surface area contributed by atoms with Crippen LogP contribution in [0.25, 0.3) is 0 Å². The lowest BCUT2D eigenvalue weighted by Gasteiger charge is -2.23. The lowest BCUT2D eigenvalue weighted by molar-refractivity contribution is -0.145. The highest BCUT2D eigenvalue weighted by molar-refractivity contribution is 6.08. The zero-order valence-electron chi connectivity index (χ0n) is 11.7. The van der Waals surface area contributed by atoms with Gasteiger partial charge in [0.1, 0.15) is 0 Å². The Morgan fingerprint density at radius 3 is 2.53 bits per heavy atom. The second-order valence-electron chi connectivity index (χ2n) is 5.40. The van der Waals surface area contributed by atoms with Crippen molar-refractivity contribution in [2.75, 3.05) is 7.11 Å². The monoisotopic (exact) mass is 266 g/mol. The van der Waals surface area contributed by atoms with Crippen molar-refractivity contribution in [2.24, 2.45) is 11.0 Å². The molecule has 106 valence electrons. The van der Waals surface area contributed by atoms with E-state index in [1.807, 2.05) is 6.92 Å². The molecular formula is C14H22N2O3. The Morgan fingerprint density at radius 2 is 1.95 bits per heavy atom. The van der Waals surface area contributed by atoms with Crippen LogP contribution in [-0.2, 0) is 14.3 Å². The summed E-state index contributed by atoms with van der Waals surface area (Å²) in [6.45, 7) is 1.82. The second kappa shape index (κ2) is 6.17. The second-order valence-corrected chi connectivity index (χ2v) is 5.40. The minimum Gasteiger partial charge on any atom is -0.469 e. The first-order valence-electron chi connectivity index (χ1n) is 7.08. The van der Waals surface area contributed by atoms with Crippen LogP contribution in [-0.4, -0.2) is 35.7 Å². The molecule has 1 aliphatic heterocycles. The van der Waals surface area contributed by atoms with E-state index >= 15 is 0 Å². The molecule has 5 nitrogen and oxygen atoms in total. The summed E-state index contributed by atoms with van der Waals surface area (Å²) < 4.78 is 4.64. The van der Waals surface area contributed by atoms with E-state index in [0.29, 0.717) is 0 Å². The zero-order valence-corrected chi connectivity index (χ0v) is 11.7. The summed E-state index contributed by atoms with van der Waals surface area (Å²) in [6.07, 6.45) is 6.95. The van der Waals surface area contributed by atoms with Gasteiger partial charge in [-0.05, 0) is 19.8 Å². The number of esters is 1. The van der Waals surface area contributed by atoms with Crippen molar-refractivity contribution in [1.82, 2.24) is 5.01 Å². The fourth-order valence-corrected chi connectivity index (χ4v) is 2.88. The maximum Gasteiger partial charge on any atom is 0.306 e. The van der Waals surface area contributed by atoms with Gasteiger partial charge in [-0.15, -0.1) is 0 Å². The molecule has 0 spiro atoms. The molecule has 2 rings (SSSR count). The molecular weight excluding hydrogens is 244 g/mol. The van der Waals surface area contributed by atoms with Crippen LogP contribution >= 0.6 is 0 Å². The molecule has 0 bridgehead atoms. The number of carbonyl (C=O) groups is 2. The van der Waals surface area contributed by atoms with Crippen molar-refractivity contribution < 1.29 is 14.3 Å². The highest BCUT2D eigenvalue weighted by Gasteiger charge is 2.38. The maximum atomic E-state index is 12.4. The van der Waals surface area contributed by atoms with E-state index in [0.717, 1.165) is 31.4 Å². The summed E-state index contributed by atoms with van der Waals surface area (Å²) in [6, 6.07) is 0.215. The lowest BCUT2D eigenvalue weighted by atomic mass is 9.99. The molecule has 2 aliphatic rings. The summed E-state index contributed by atoms with van der Waals surface area (Å²) in [5, 5.41) is 6.03. The van der Waals surface area contributed by atoms with Gasteiger partial charge in [0, 0.05) is 5.71 Å². The van der Waals surface area contributed by atoms with Gasteiger partial charge in [-0.3, -0.25) is 9.59 Å². The highest BCUT2D eigenvalue weighted by atomic mass is 16.5. The van der Waals surface area contributed by atoms with Gasteiger partial charge in [0.05, 0.1) is 25.5 Å². The molecule has 0 saturated heterocycles. The Bertz CT molecular complexity index is 384. The van der Waals surface area contributed by atoms with Crippen LogP contribution in [0.4, 0.5) is 0 Å². The van der Waals surface area contributed by atoms with Gasteiger partial charge in [0.15, 0.2) is 0 Å². The molecule has 1 amide bonds. The molecule has 1 unspecified atom stereocenters. The predicted octanol–water partition coefficient (Wildman–Crippen LogP) is 2.11. The summed E-state index contributed by atoms with van der Waals surface area (Å²) >= 11 is 0. The predicted molar refractivity (Wildman–Crippen MR) is 71.6 cm³/mol. The Labute approximate surface area is 114 Å². The smallest absolute Gasteiger partial charge is 0.306 e. The number of nitrogens with zero attached hydrogens (tertiary/aromatic N) is 2. The van der Waals surface area contributed by atoms with Crippen LogP contribution in [0.5, 0.6) is 0 Å². The minimum atomic E-state index is -0.421. The summed E-state index contributed by atoms with van der Waals surface area (Å²) in [5.41, 5.74) is 0.736. The van der Waals surface area contributed by atoms with E-state index in [1.165, 1.54) is 20.0 Å². The van der Waals surface area contributed by atoms with Crippen molar-refractivity contribution >= 4 is 17.6 Å². The first-order chi connectivity index (χ1) is 9.13. The van der Waals surface area contributed by atoms with Crippen molar-refractivity contribution in [3.63, 3.8) is 0 Å². The molecule has 0 aromatic rings. The molecule has 19 heavy (non-hydrogen) atoms. The third-order valence-electron chi connectivity index (χ3n) is 4.06. The average Bonchev–Trinajstić information content (AvgIpc) is 2.65. The van der Waals surface area contributed by atoms with Gasteiger partial charge in [0.2, 0.25) is 0 Å². The first-order valence-corrected chi connectivity index (χ1v) is 7.08. The largest absolute Gasteiger partial charge is 0.469 e. The molecule has 5 heteroatoms. The fourth-order valence-electron chi connectivity index (χ4n) is 2.88. The Balaban J connectivity index is 2.04. The lowest BCUT2D eigenvalue weighted by Crippen LogP contribution is -2.36. The van der Waals surface area contributed by atoms with Gasteiger partial charge in [-0.25, -0.2) is 5.01 Å². The third kappa shape index (κ3) is 3.14. The van der Waals surface area contributed by atoms with Gasteiger partial charge in [-0.2, -0.15) is 5.10 Å². The molecule has 0 radical (unpaired) electrons. The number of carbonyl (C=O) groups excluding carboxylic acids is 2. The third-order valence-corrected chi connectivity index (χ3v) is 4.06. The summed E-state index contributed by atoms with van der Waals surface area (Å²) in [7, 11) is 1.34. The highest BCUT2D eigenvalue weighted by Crippen LogP contribution is 2.28.